The van der Waals surface area contributed by atoms with Gasteiger partial charge in [-0.2, -0.15) is 0 Å². The summed E-state index contributed by atoms with van der Waals surface area (Å²) in [5.74, 6) is 1.82. The zero-order valence-electron chi connectivity index (χ0n) is 19.2. The van der Waals surface area contributed by atoms with Crippen molar-refractivity contribution in [3.8, 4) is 11.5 Å². The zero-order chi connectivity index (χ0) is 21.9. The summed E-state index contributed by atoms with van der Waals surface area (Å²) >= 11 is 0. The largest absolute Gasteiger partial charge is 0.452 e. The molecule has 31 heavy (non-hydrogen) atoms. The summed E-state index contributed by atoms with van der Waals surface area (Å²) in [4.78, 5) is 2.38. The number of aryl methyl sites for hydroxylation is 3. The van der Waals surface area contributed by atoms with E-state index in [1.165, 1.54) is 33.3 Å². The van der Waals surface area contributed by atoms with E-state index in [2.05, 4.69) is 107 Å². The second-order valence-electron chi connectivity index (χ2n) is 9.75. The van der Waals surface area contributed by atoms with Crippen LogP contribution in [0.25, 0.3) is 10.8 Å². The summed E-state index contributed by atoms with van der Waals surface area (Å²) in [7, 11) is 0. The molecule has 156 valence electrons. The molecule has 0 aromatic heterocycles. The van der Waals surface area contributed by atoms with Crippen molar-refractivity contribution in [1.82, 2.24) is 0 Å². The molecule has 0 bridgehead atoms. The Kier molecular flexibility index (Phi) is 4.37. The van der Waals surface area contributed by atoms with E-state index in [4.69, 9.17) is 4.74 Å². The molecule has 0 atom stereocenters. The summed E-state index contributed by atoms with van der Waals surface area (Å²) in [6.07, 6.45) is 0. The van der Waals surface area contributed by atoms with E-state index in [1.54, 1.807) is 0 Å². The second-order valence-corrected chi connectivity index (χ2v) is 9.75. The van der Waals surface area contributed by atoms with Crippen molar-refractivity contribution in [3.05, 3.63) is 89.0 Å². The first kappa shape index (κ1) is 19.7. The highest BCUT2D eigenvalue weighted by molar-refractivity contribution is 6.00. The zero-order valence-corrected chi connectivity index (χ0v) is 19.2. The molecule has 4 aromatic rings. The number of ether oxygens (including phenoxy) is 1. The van der Waals surface area contributed by atoms with Gasteiger partial charge >= 0.3 is 0 Å². The third-order valence-electron chi connectivity index (χ3n) is 6.25. The van der Waals surface area contributed by atoms with Gasteiger partial charge in [-0.25, -0.2) is 0 Å². The first-order chi connectivity index (χ1) is 14.7. The van der Waals surface area contributed by atoms with Gasteiger partial charge in [0.25, 0.3) is 0 Å². The number of para-hydroxylation sites is 2. The van der Waals surface area contributed by atoms with Crippen LogP contribution in [0.2, 0.25) is 0 Å². The van der Waals surface area contributed by atoms with Gasteiger partial charge < -0.3 is 9.64 Å². The molecule has 4 aromatic carbocycles. The maximum absolute atomic E-state index is 6.51. The van der Waals surface area contributed by atoms with Gasteiger partial charge in [0.2, 0.25) is 0 Å². The molecule has 0 N–H and O–H groups in total. The smallest absolute Gasteiger partial charge is 0.159 e. The fourth-order valence-electron chi connectivity index (χ4n) is 4.63. The van der Waals surface area contributed by atoms with Crippen molar-refractivity contribution < 1.29 is 4.74 Å². The highest BCUT2D eigenvalue weighted by atomic mass is 16.5. The van der Waals surface area contributed by atoms with Crippen LogP contribution in [0.5, 0.6) is 11.5 Å². The third kappa shape index (κ3) is 3.18. The van der Waals surface area contributed by atoms with Crippen molar-refractivity contribution in [2.45, 2.75) is 47.0 Å². The Balaban J connectivity index is 1.81. The predicted octanol–water partition coefficient (Wildman–Crippen LogP) is 8.64. The molecule has 0 aliphatic carbocycles. The van der Waals surface area contributed by atoms with Crippen LogP contribution in [0.3, 0.4) is 0 Å². The first-order valence-corrected chi connectivity index (χ1v) is 11.0. The monoisotopic (exact) mass is 407 g/mol. The fourth-order valence-corrected chi connectivity index (χ4v) is 4.63. The minimum absolute atomic E-state index is 0.114. The Morgan fingerprint density at radius 1 is 0.742 bits per heavy atom. The van der Waals surface area contributed by atoms with Crippen molar-refractivity contribution in [2.75, 3.05) is 4.90 Å². The molecule has 0 unspecified atom stereocenters. The molecule has 1 aliphatic rings. The highest BCUT2D eigenvalue weighted by Crippen LogP contribution is 2.54. The molecular formula is C29H29NO. The number of hydrogen-bond donors (Lipinski definition) is 0. The summed E-state index contributed by atoms with van der Waals surface area (Å²) in [6.45, 7) is 13.4. The van der Waals surface area contributed by atoms with Crippen LogP contribution in [-0.2, 0) is 5.41 Å². The molecule has 1 heterocycles. The van der Waals surface area contributed by atoms with Gasteiger partial charge in [-0.3, -0.25) is 0 Å². The van der Waals surface area contributed by atoms with Crippen LogP contribution in [0.4, 0.5) is 17.1 Å². The first-order valence-electron chi connectivity index (χ1n) is 11.0. The molecule has 0 fully saturated rings. The van der Waals surface area contributed by atoms with Crippen molar-refractivity contribution >= 4 is 27.8 Å². The van der Waals surface area contributed by atoms with Crippen molar-refractivity contribution in [3.63, 3.8) is 0 Å². The Hall–Kier alpha value is -3.26. The van der Waals surface area contributed by atoms with Crippen LogP contribution >= 0.6 is 0 Å². The van der Waals surface area contributed by atoms with Crippen LogP contribution in [-0.4, -0.2) is 0 Å². The maximum Gasteiger partial charge on any atom is 0.159 e. The number of rotatable bonds is 1. The van der Waals surface area contributed by atoms with Gasteiger partial charge in [0.15, 0.2) is 11.5 Å². The molecular weight excluding hydrogens is 378 g/mol. The van der Waals surface area contributed by atoms with Gasteiger partial charge in [-0.15, -0.1) is 0 Å². The predicted molar refractivity (Wildman–Crippen MR) is 132 cm³/mol. The van der Waals surface area contributed by atoms with E-state index in [1.807, 2.05) is 6.07 Å². The van der Waals surface area contributed by atoms with E-state index in [9.17, 15) is 0 Å². The number of hydrogen-bond acceptors (Lipinski definition) is 2. The Morgan fingerprint density at radius 3 is 2.13 bits per heavy atom. The lowest BCUT2D eigenvalue weighted by Gasteiger charge is -2.36. The molecule has 2 heteroatoms. The minimum Gasteiger partial charge on any atom is -0.452 e. The lowest BCUT2D eigenvalue weighted by Crippen LogP contribution is -2.19. The highest BCUT2D eigenvalue weighted by Gasteiger charge is 2.29. The molecule has 0 amide bonds. The summed E-state index contributed by atoms with van der Waals surface area (Å²) in [6, 6.07) is 24.0. The molecule has 0 radical (unpaired) electrons. The maximum atomic E-state index is 6.51. The van der Waals surface area contributed by atoms with E-state index in [0.717, 1.165) is 28.3 Å². The SMILES string of the molecule is Cc1ccc2ccc3c(c2c1)Oc1ccccc1N3c1c(C)cc(C(C)(C)C)cc1C. The van der Waals surface area contributed by atoms with Crippen LogP contribution in [0, 0.1) is 20.8 Å². The van der Waals surface area contributed by atoms with Gasteiger partial charge in [0.1, 0.15) is 0 Å². The average molecular weight is 408 g/mol. The lowest BCUT2D eigenvalue weighted by atomic mass is 9.84. The van der Waals surface area contributed by atoms with E-state index in [0.29, 0.717) is 0 Å². The molecule has 2 nitrogen and oxygen atoms in total. The third-order valence-corrected chi connectivity index (χ3v) is 6.25. The van der Waals surface area contributed by atoms with Gasteiger partial charge in [0, 0.05) is 5.39 Å². The van der Waals surface area contributed by atoms with E-state index >= 15 is 0 Å². The van der Waals surface area contributed by atoms with Gasteiger partial charge in [0.05, 0.1) is 17.1 Å². The quantitative estimate of drug-likeness (QED) is 0.276. The number of nitrogens with zero attached hydrogens (tertiary/aromatic N) is 1. The van der Waals surface area contributed by atoms with Gasteiger partial charge in [-0.1, -0.05) is 68.8 Å². The number of benzene rings is 4. The van der Waals surface area contributed by atoms with Crippen LogP contribution < -0.4 is 9.64 Å². The Bertz CT molecular complexity index is 1300. The Morgan fingerprint density at radius 2 is 1.42 bits per heavy atom. The second kappa shape index (κ2) is 6.88. The van der Waals surface area contributed by atoms with Crippen molar-refractivity contribution in [1.29, 1.82) is 0 Å². The van der Waals surface area contributed by atoms with Gasteiger partial charge in [-0.05, 0) is 72.5 Å². The number of fused-ring (bicyclic) bond motifs is 4. The normalized spacial score (nSPS) is 13.0. The summed E-state index contributed by atoms with van der Waals surface area (Å²) < 4.78 is 6.51. The average Bonchev–Trinajstić information content (AvgIpc) is 2.72. The van der Waals surface area contributed by atoms with Crippen molar-refractivity contribution in [2.24, 2.45) is 0 Å². The lowest BCUT2D eigenvalue weighted by molar-refractivity contribution is 0.482. The topological polar surface area (TPSA) is 12.5 Å². The molecule has 1 aliphatic heterocycles. The van der Waals surface area contributed by atoms with Crippen LogP contribution in [0.15, 0.2) is 66.7 Å². The van der Waals surface area contributed by atoms with Crippen LogP contribution in [0.1, 0.15) is 43.0 Å². The molecule has 5 rings (SSSR count). The van der Waals surface area contributed by atoms with E-state index < -0.39 is 0 Å². The molecule has 0 saturated carbocycles. The standard InChI is InChI=1S/C29H29NO/c1-18-11-12-21-13-14-25-28(23(21)15-18)31-26-10-8-7-9-24(26)30(25)27-19(2)16-22(17-20(27)3)29(4,5)6/h7-17H,1-6H3. The molecule has 0 spiro atoms. The Labute approximate surface area is 185 Å². The summed E-state index contributed by atoms with van der Waals surface area (Å²) in [5.41, 5.74) is 8.66. The fraction of sp³-hybridized carbons (Fsp3) is 0.241. The van der Waals surface area contributed by atoms with E-state index in [-0.39, 0.29) is 5.41 Å². The minimum atomic E-state index is 0.114. The summed E-state index contributed by atoms with van der Waals surface area (Å²) in [5, 5.41) is 2.35. The number of anilines is 3. The molecule has 0 saturated heterocycles.